The topological polar surface area (TPSA) is 48.1 Å². The van der Waals surface area contributed by atoms with E-state index in [-0.39, 0.29) is 17.9 Å². The van der Waals surface area contributed by atoms with Gasteiger partial charge in [0.2, 0.25) is 5.88 Å². The number of nitrogens with zero attached hydrogens (tertiary/aromatic N) is 1. The summed E-state index contributed by atoms with van der Waals surface area (Å²) in [5, 5.41) is 0. The van der Waals surface area contributed by atoms with Crippen molar-refractivity contribution in [2.75, 3.05) is 7.11 Å². The Morgan fingerprint density at radius 2 is 2.29 bits per heavy atom. The molecule has 2 rings (SSSR count). The normalized spacial score (nSPS) is 17.0. The fourth-order valence-corrected chi connectivity index (χ4v) is 1.46. The van der Waals surface area contributed by atoms with Gasteiger partial charge < -0.3 is 10.5 Å². The molecule has 0 spiro atoms. The Morgan fingerprint density at radius 1 is 1.57 bits per heavy atom. The summed E-state index contributed by atoms with van der Waals surface area (Å²) in [5.41, 5.74) is 7.16. The molecule has 14 heavy (non-hydrogen) atoms. The van der Waals surface area contributed by atoms with E-state index in [1.807, 2.05) is 12.1 Å². The maximum absolute atomic E-state index is 6.02. The molecule has 4 heteroatoms. The van der Waals surface area contributed by atoms with Gasteiger partial charge in [-0.05, 0) is 25.3 Å². The molecule has 1 heterocycles. The van der Waals surface area contributed by atoms with Gasteiger partial charge in [-0.2, -0.15) is 0 Å². The molecule has 1 fully saturated rings. The average molecular weight is 215 g/mol. The van der Waals surface area contributed by atoms with Crippen LogP contribution in [0.1, 0.15) is 18.4 Å². The highest BCUT2D eigenvalue weighted by Gasteiger charge is 2.38. The molecule has 0 unspecified atom stereocenters. The first-order valence-electron chi connectivity index (χ1n) is 4.50. The lowest BCUT2D eigenvalue weighted by Crippen LogP contribution is -2.24. The average Bonchev–Trinajstić information content (AvgIpc) is 2.84. The minimum atomic E-state index is 0. The van der Waals surface area contributed by atoms with Gasteiger partial charge in [0.15, 0.2) is 0 Å². The molecule has 1 aromatic rings. The van der Waals surface area contributed by atoms with Crippen molar-refractivity contribution in [1.82, 2.24) is 4.98 Å². The molecule has 78 valence electrons. The van der Waals surface area contributed by atoms with Crippen molar-refractivity contribution < 1.29 is 4.74 Å². The zero-order valence-corrected chi connectivity index (χ0v) is 9.01. The van der Waals surface area contributed by atoms with Crippen molar-refractivity contribution in [1.29, 1.82) is 0 Å². The molecule has 2 N–H and O–H groups in total. The number of pyridine rings is 1. The molecule has 0 aliphatic heterocycles. The van der Waals surface area contributed by atoms with E-state index in [1.54, 1.807) is 13.3 Å². The zero-order valence-electron chi connectivity index (χ0n) is 8.19. The molecular weight excluding hydrogens is 200 g/mol. The number of nitrogens with two attached hydrogens (primary N) is 1. The molecule has 1 saturated carbocycles. The van der Waals surface area contributed by atoms with Gasteiger partial charge in [0, 0.05) is 17.3 Å². The summed E-state index contributed by atoms with van der Waals surface area (Å²) in [4.78, 5) is 4.13. The van der Waals surface area contributed by atoms with Crippen LogP contribution in [-0.4, -0.2) is 17.6 Å². The second-order valence-corrected chi connectivity index (χ2v) is 3.71. The van der Waals surface area contributed by atoms with Crippen molar-refractivity contribution >= 4 is 12.4 Å². The molecule has 0 aromatic carbocycles. The van der Waals surface area contributed by atoms with Gasteiger partial charge in [0.05, 0.1) is 7.11 Å². The van der Waals surface area contributed by atoms with Crippen molar-refractivity contribution in [2.24, 2.45) is 5.73 Å². The number of methoxy groups -OCH3 is 1. The van der Waals surface area contributed by atoms with E-state index < -0.39 is 0 Å². The van der Waals surface area contributed by atoms with Crippen LogP contribution in [0, 0.1) is 0 Å². The third-order valence-electron chi connectivity index (χ3n) is 2.48. The van der Waals surface area contributed by atoms with E-state index in [4.69, 9.17) is 10.5 Å². The summed E-state index contributed by atoms with van der Waals surface area (Å²) in [5.74, 6) is 0.708. The summed E-state index contributed by atoms with van der Waals surface area (Å²) >= 11 is 0. The van der Waals surface area contributed by atoms with Gasteiger partial charge >= 0.3 is 0 Å². The van der Waals surface area contributed by atoms with Crippen LogP contribution in [0.15, 0.2) is 18.3 Å². The maximum Gasteiger partial charge on any atom is 0.216 e. The molecule has 0 saturated heterocycles. The second kappa shape index (κ2) is 4.15. The van der Waals surface area contributed by atoms with Crippen molar-refractivity contribution in [2.45, 2.75) is 24.8 Å². The number of hydrogen-bond donors (Lipinski definition) is 1. The van der Waals surface area contributed by atoms with Gasteiger partial charge in [0.1, 0.15) is 0 Å². The van der Waals surface area contributed by atoms with Gasteiger partial charge in [-0.1, -0.05) is 6.07 Å². The van der Waals surface area contributed by atoms with Gasteiger partial charge in [-0.3, -0.25) is 0 Å². The number of halogens is 1. The highest BCUT2D eigenvalue weighted by atomic mass is 35.5. The highest BCUT2D eigenvalue weighted by molar-refractivity contribution is 5.85. The fourth-order valence-electron chi connectivity index (χ4n) is 1.46. The van der Waals surface area contributed by atoms with Gasteiger partial charge in [-0.15, -0.1) is 12.4 Å². The predicted molar refractivity (Wildman–Crippen MR) is 57.9 cm³/mol. The van der Waals surface area contributed by atoms with Crippen LogP contribution in [0.2, 0.25) is 0 Å². The Bertz CT molecular complexity index is 313. The molecule has 1 aromatic heterocycles. The van der Waals surface area contributed by atoms with E-state index in [0.29, 0.717) is 5.88 Å². The monoisotopic (exact) mass is 214 g/mol. The van der Waals surface area contributed by atoms with Crippen LogP contribution in [0.5, 0.6) is 5.88 Å². The Kier molecular flexibility index (Phi) is 3.34. The lowest BCUT2D eigenvalue weighted by Gasteiger charge is -2.10. The maximum atomic E-state index is 6.02. The highest BCUT2D eigenvalue weighted by Crippen LogP contribution is 2.37. The van der Waals surface area contributed by atoms with Crippen LogP contribution in [0.25, 0.3) is 0 Å². The zero-order chi connectivity index (χ0) is 9.31. The molecule has 0 amide bonds. The summed E-state index contributed by atoms with van der Waals surface area (Å²) in [6.07, 6.45) is 4.85. The van der Waals surface area contributed by atoms with E-state index >= 15 is 0 Å². The first-order valence-corrected chi connectivity index (χ1v) is 4.50. The van der Waals surface area contributed by atoms with Crippen LogP contribution >= 0.6 is 12.4 Å². The van der Waals surface area contributed by atoms with E-state index in [9.17, 15) is 0 Å². The summed E-state index contributed by atoms with van der Waals surface area (Å²) in [6.45, 7) is 0. The minimum Gasteiger partial charge on any atom is -0.481 e. The molecule has 3 nitrogen and oxygen atoms in total. The molecular formula is C10H15ClN2O. The number of ether oxygens (including phenoxy) is 1. The summed E-state index contributed by atoms with van der Waals surface area (Å²) in [6, 6.07) is 3.95. The summed E-state index contributed by atoms with van der Waals surface area (Å²) in [7, 11) is 1.64. The third kappa shape index (κ3) is 2.36. The SMILES string of the molecule is COc1ncccc1CC1(N)CC1.Cl. The standard InChI is InChI=1S/C10H14N2O.ClH/c1-13-9-8(3-2-6-12-9)7-10(11)4-5-10;/h2-3,6H,4-5,7,11H2,1H3;1H. The molecule has 0 radical (unpaired) electrons. The smallest absolute Gasteiger partial charge is 0.216 e. The van der Waals surface area contributed by atoms with Crippen molar-refractivity contribution in [3.8, 4) is 5.88 Å². The largest absolute Gasteiger partial charge is 0.481 e. The van der Waals surface area contributed by atoms with Crippen LogP contribution in [-0.2, 0) is 6.42 Å². The molecule has 0 atom stereocenters. The predicted octanol–water partition coefficient (Wildman–Crippen LogP) is 1.55. The Morgan fingerprint density at radius 3 is 2.86 bits per heavy atom. The summed E-state index contributed by atoms with van der Waals surface area (Å²) < 4.78 is 5.15. The first-order chi connectivity index (χ1) is 6.23. The van der Waals surface area contributed by atoms with Gasteiger partial charge in [0.25, 0.3) is 0 Å². The minimum absolute atomic E-state index is 0. The number of aromatic nitrogens is 1. The quantitative estimate of drug-likeness (QED) is 0.831. The molecule has 1 aliphatic rings. The third-order valence-corrected chi connectivity index (χ3v) is 2.48. The first kappa shape index (κ1) is 11.3. The van der Waals surface area contributed by atoms with Crippen LogP contribution < -0.4 is 10.5 Å². The van der Waals surface area contributed by atoms with Crippen molar-refractivity contribution in [3.05, 3.63) is 23.9 Å². The van der Waals surface area contributed by atoms with Gasteiger partial charge in [-0.25, -0.2) is 4.98 Å². The Hall–Kier alpha value is -0.800. The Balaban J connectivity index is 0.000000980. The van der Waals surface area contributed by atoms with Crippen molar-refractivity contribution in [3.63, 3.8) is 0 Å². The Labute approximate surface area is 90.1 Å². The van der Waals surface area contributed by atoms with E-state index in [0.717, 1.165) is 24.8 Å². The lowest BCUT2D eigenvalue weighted by atomic mass is 10.1. The van der Waals surface area contributed by atoms with E-state index in [2.05, 4.69) is 4.98 Å². The number of hydrogen-bond acceptors (Lipinski definition) is 3. The van der Waals surface area contributed by atoms with Crippen LogP contribution in [0.3, 0.4) is 0 Å². The van der Waals surface area contributed by atoms with Crippen LogP contribution in [0.4, 0.5) is 0 Å². The molecule has 0 bridgehead atoms. The second-order valence-electron chi connectivity index (χ2n) is 3.71. The fraction of sp³-hybridized carbons (Fsp3) is 0.500. The molecule has 1 aliphatic carbocycles. The number of rotatable bonds is 3. The lowest BCUT2D eigenvalue weighted by molar-refractivity contribution is 0.390. The van der Waals surface area contributed by atoms with E-state index in [1.165, 1.54) is 0 Å².